The smallest absolute Gasteiger partial charge is 0.253 e. The Morgan fingerprint density at radius 1 is 1.24 bits per heavy atom. The maximum Gasteiger partial charge on any atom is 0.253 e. The number of amides is 1. The van der Waals surface area contributed by atoms with Crippen LogP contribution in [0.4, 0.5) is 0 Å². The number of carbonyl (C=O) groups excluding carboxylic acids is 1. The van der Waals surface area contributed by atoms with E-state index in [2.05, 4.69) is 18.7 Å². The summed E-state index contributed by atoms with van der Waals surface area (Å²) in [5.41, 5.74) is 1.83. The van der Waals surface area contributed by atoms with Crippen LogP contribution in [-0.4, -0.2) is 67.7 Å². The zero-order valence-corrected chi connectivity index (χ0v) is 15.6. The highest BCUT2D eigenvalue weighted by molar-refractivity contribution is 5.94. The lowest BCUT2D eigenvalue weighted by atomic mass is 9.92. The molecule has 2 aliphatic rings. The maximum atomic E-state index is 12.8. The fourth-order valence-electron chi connectivity index (χ4n) is 3.82. The predicted octanol–water partition coefficient (Wildman–Crippen LogP) is 2.40. The summed E-state index contributed by atoms with van der Waals surface area (Å²) in [6.07, 6.45) is 1.18. The Kier molecular flexibility index (Phi) is 6.10. The Morgan fingerprint density at radius 2 is 2.00 bits per heavy atom. The molecule has 138 valence electrons. The van der Waals surface area contributed by atoms with Crippen LogP contribution >= 0.6 is 0 Å². The monoisotopic (exact) mass is 346 g/mol. The highest BCUT2D eigenvalue weighted by atomic mass is 16.5. The van der Waals surface area contributed by atoms with Gasteiger partial charge >= 0.3 is 0 Å². The molecule has 25 heavy (non-hydrogen) atoms. The molecule has 0 bridgehead atoms. The van der Waals surface area contributed by atoms with Gasteiger partial charge in [0.2, 0.25) is 0 Å². The summed E-state index contributed by atoms with van der Waals surface area (Å²) in [7, 11) is 1.68. The van der Waals surface area contributed by atoms with Crippen molar-refractivity contribution in [2.45, 2.75) is 39.0 Å². The molecule has 0 saturated carbocycles. The topological polar surface area (TPSA) is 42.0 Å². The van der Waals surface area contributed by atoms with E-state index in [1.165, 1.54) is 0 Å². The summed E-state index contributed by atoms with van der Waals surface area (Å²) in [5.74, 6) is 0.633. The first kappa shape index (κ1) is 18.4. The third kappa shape index (κ3) is 4.40. The zero-order valence-electron chi connectivity index (χ0n) is 15.6. The normalized spacial score (nSPS) is 24.9. The van der Waals surface area contributed by atoms with Crippen LogP contribution in [-0.2, 0) is 16.1 Å². The van der Waals surface area contributed by atoms with Gasteiger partial charge in [-0.1, -0.05) is 12.1 Å². The lowest BCUT2D eigenvalue weighted by molar-refractivity contribution is -0.0171. The minimum Gasteiger partial charge on any atom is -0.380 e. The second-order valence-corrected chi connectivity index (χ2v) is 7.43. The molecule has 2 saturated heterocycles. The molecule has 5 heteroatoms. The van der Waals surface area contributed by atoms with Crippen LogP contribution in [0.3, 0.4) is 0 Å². The summed E-state index contributed by atoms with van der Waals surface area (Å²) < 4.78 is 11.2. The number of methoxy groups -OCH3 is 1. The SMILES string of the molecule is COCc1ccc(C(=O)N2CCC3CN(C(C)C)CCOC3C2)cc1. The average Bonchev–Trinajstić information content (AvgIpc) is 2.84. The van der Waals surface area contributed by atoms with Gasteiger partial charge in [-0.15, -0.1) is 0 Å². The van der Waals surface area contributed by atoms with Crippen LogP contribution in [0.15, 0.2) is 24.3 Å². The molecule has 0 aromatic heterocycles. The van der Waals surface area contributed by atoms with E-state index in [4.69, 9.17) is 9.47 Å². The third-order valence-corrected chi connectivity index (χ3v) is 5.40. The van der Waals surface area contributed by atoms with E-state index >= 15 is 0 Å². The molecule has 2 heterocycles. The number of carbonyl (C=O) groups is 1. The minimum atomic E-state index is 0.107. The first-order valence-corrected chi connectivity index (χ1v) is 9.31. The quantitative estimate of drug-likeness (QED) is 0.840. The number of benzene rings is 1. The van der Waals surface area contributed by atoms with Crippen molar-refractivity contribution in [1.82, 2.24) is 9.80 Å². The molecular formula is C20H30N2O3. The number of likely N-dealkylation sites (tertiary alicyclic amines) is 1. The number of piperidine rings is 1. The number of hydrogen-bond acceptors (Lipinski definition) is 4. The van der Waals surface area contributed by atoms with E-state index in [0.29, 0.717) is 25.1 Å². The number of rotatable bonds is 4. The van der Waals surface area contributed by atoms with E-state index in [1.54, 1.807) is 7.11 Å². The van der Waals surface area contributed by atoms with Crippen molar-refractivity contribution in [3.8, 4) is 0 Å². The first-order chi connectivity index (χ1) is 12.1. The summed E-state index contributed by atoms with van der Waals surface area (Å²) in [4.78, 5) is 17.3. The Morgan fingerprint density at radius 3 is 2.68 bits per heavy atom. The van der Waals surface area contributed by atoms with Crippen LogP contribution in [0.5, 0.6) is 0 Å². The van der Waals surface area contributed by atoms with Gasteiger partial charge in [-0.2, -0.15) is 0 Å². The van der Waals surface area contributed by atoms with Crippen LogP contribution < -0.4 is 0 Å². The highest BCUT2D eigenvalue weighted by Gasteiger charge is 2.35. The molecule has 0 spiro atoms. The molecule has 1 aromatic rings. The fourth-order valence-corrected chi connectivity index (χ4v) is 3.82. The van der Waals surface area contributed by atoms with Crippen molar-refractivity contribution in [2.24, 2.45) is 5.92 Å². The molecule has 0 N–H and O–H groups in total. The summed E-state index contributed by atoms with van der Waals surface area (Å²) in [6, 6.07) is 8.28. The van der Waals surface area contributed by atoms with Crippen molar-refractivity contribution in [2.75, 3.05) is 39.9 Å². The molecule has 0 radical (unpaired) electrons. The van der Waals surface area contributed by atoms with Crippen molar-refractivity contribution < 1.29 is 14.3 Å². The van der Waals surface area contributed by atoms with Gasteiger partial charge in [-0.05, 0) is 38.0 Å². The number of hydrogen-bond donors (Lipinski definition) is 0. The van der Waals surface area contributed by atoms with E-state index in [9.17, 15) is 4.79 Å². The zero-order chi connectivity index (χ0) is 17.8. The fraction of sp³-hybridized carbons (Fsp3) is 0.650. The molecule has 2 unspecified atom stereocenters. The van der Waals surface area contributed by atoms with Gasteiger partial charge in [0.25, 0.3) is 5.91 Å². The first-order valence-electron chi connectivity index (χ1n) is 9.31. The largest absolute Gasteiger partial charge is 0.380 e. The molecule has 3 rings (SSSR count). The highest BCUT2D eigenvalue weighted by Crippen LogP contribution is 2.26. The molecule has 2 atom stereocenters. The molecule has 0 aliphatic carbocycles. The van der Waals surface area contributed by atoms with Gasteiger partial charge in [0.05, 0.1) is 19.3 Å². The third-order valence-electron chi connectivity index (χ3n) is 5.40. The van der Waals surface area contributed by atoms with Crippen molar-refractivity contribution in [1.29, 1.82) is 0 Å². The van der Waals surface area contributed by atoms with E-state index < -0.39 is 0 Å². The Labute approximate surface area is 150 Å². The van der Waals surface area contributed by atoms with Gasteiger partial charge in [-0.25, -0.2) is 0 Å². The summed E-state index contributed by atoms with van der Waals surface area (Å²) in [5, 5.41) is 0. The minimum absolute atomic E-state index is 0.107. The Hall–Kier alpha value is -1.43. The summed E-state index contributed by atoms with van der Waals surface area (Å²) in [6.45, 7) is 9.40. The van der Waals surface area contributed by atoms with Crippen molar-refractivity contribution in [3.63, 3.8) is 0 Å². The number of ether oxygens (including phenoxy) is 2. The predicted molar refractivity (Wildman–Crippen MR) is 97.6 cm³/mol. The van der Waals surface area contributed by atoms with E-state index in [0.717, 1.165) is 43.8 Å². The lowest BCUT2D eigenvalue weighted by Crippen LogP contribution is -2.49. The molecule has 5 nitrogen and oxygen atoms in total. The van der Waals surface area contributed by atoms with Crippen LogP contribution in [0.1, 0.15) is 36.2 Å². The molecule has 1 aromatic carbocycles. The van der Waals surface area contributed by atoms with Gasteiger partial charge in [0, 0.05) is 50.8 Å². The molecule has 2 fully saturated rings. The standard InChI is InChI=1S/C20H30N2O3/c1-15(2)21-10-11-25-19-13-22(9-8-18(19)12-21)20(23)17-6-4-16(5-7-17)14-24-3/h4-7,15,18-19H,8-14H2,1-3H3. The van der Waals surface area contributed by atoms with E-state index in [-0.39, 0.29) is 12.0 Å². The van der Waals surface area contributed by atoms with E-state index in [1.807, 2.05) is 29.2 Å². The second kappa shape index (κ2) is 8.30. The van der Waals surface area contributed by atoms with Crippen molar-refractivity contribution in [3.05, 3.63) is 35.4 Å². The van der Waals surface area contributed by atoms with Crippen molar-refractivity contribution >= 4 is 5.91 Å². The maximum absolute atomic E-state index is 12.8. The molecule has 2 aliphatic heterocycles. The van der Waals surface area contributed by atoms with Gasteiger partial charge in [-0.3, -0.25) is 9.69 Å². The number of fused-ring (bicyclic) bond motifs is 1. The van der Waals surface area contributed by atoms with Crippen LogP contribution in [0.25, 0.3) is 0 Å². The van der Waals surface area contributed by atoms with Crippen LogP contribution in [0.2, 0.25) is 0 Å². The Bertz CT molecular complexity index is 573. The van der Waals surface area contributed by atoms with Crippen LogP contribution in [0, 0.1) is 5.92 Å². The van der Waals surface area contributed by atoms with Gasteiger partial charge in [0.15, 0.2) is 0 Å². The molecular weight excluding hydrogens is 316 g/mol. The van der Waals surface area contributed by atoms with Gasteiger partial charge < -0.3 is 14.4 Å². The second-order valence-electron chi connectivity index (χ2n) is 7.43. The number of nitrogens with zero attached hydrogens (tertiary/aromatic N) is 2. The lowest BCUT2D eigenvalue weighted by Gasteiger charge is -2.38. The average molecular weight is 346 g/mol. The van der Waals surface area contributed by atoms with Gasteiger partial charge in [0.1, 0.15) is 0 Å². The molecule has 1 amide bonds. The Balaban J connectivity index is 1.62. The summed E-state index contributed by atoms with van der Waals surface area (Å²) >= 11 is 0.